The highest BCUT2D eigenvalue weighted by atomic mass is 16.5. The van der Waals surface area contributed by atoms with E-state index in [0.717, 1.165) is 43.2 Å². The van der Waals surface area contributed by atoms with Gasteiger partial charge in [0.2, 0.25) is 5.91 Å². The number of carbonyl (C=O) groups excluding carboxylic acids is 2. The molecule has 0 N–H and O–H groups in total. The molecule has 4 rings (SSSR count). The summed E-state index contributed by atoms with van der Waals surface area (Å²) in [6, 6.07) is 15.5. The number of rotatable bonds is 5. The molecule has 29 heavy (non-hydrogen) atoms. The van der Waals surface area contributed by atoms with Gasteiger partial charge < -0.3 is 19.4 Å². The van der Waals surface area contributed by atoms with E-state index in [4.69, 9.17) is 4.74 Å². The highest BCUT2D eigenvalue weighted by molar-refractivity contribution is 5.99. The van der Waals surface area contributed by atoms with Crippen LogP contribution in [0.25, 0.3) is 0 Å². The summed E-state index contributed by atoms with van der Waals surface area (Å²) in [5, 5.41) is 0. The third-order valence-corrected chi connectivity index (χ3v) is 5.55. The summed E-state index contributed by atoms with van der Waals surface area (Å²) in [7, 11) is 0. The van der Waals surface area contributed by atoms with E-state index < -0.39 is 0 Å². The van der Waals surface area contributed by atoms with E-state index >= 15 is 0 Å². The molecule has 6 nitrogen and oxygen atoms in total. The predicted octanol–water partition coefficient (Wildman–Crippen LogP) is 3.17. The van der Waals surface area contributed by atoms with Gasteiger partial charge in [0.25, 0.3) is 5.91 Å². The fraction of sp³-hybridized carbons (Fsp3) is 0.391. The summed E-state index contributed by atoms with van der Waals surface area (Å²) in [4.78, 5) is 31.0. The second-order valence-corrected chi connectivity index (χ2v) is 7.38. The standard InChI is InChI=1S/C23H27N3O3/c1-2-29-21-10-4-3-9-20(21)24-13-15-25(16-14-24)23(28)18-7-5-8-19(17-18)26-12-6-11-22(26)27/h3-5,7-10,17H,2,6,11-16H2,1H3. The van der Waals surface area contributed by atoms with Gasteiger partial charge in [-0.2, -0.15) is 0 Å². The Morgan fingerprint density at radius 1 is 1.00 bits per heavy atom. The van der Waals surface area contributed by atoms with Crippen molar-refractivity contribution in [1.82, 2.24) is 4.90 Å². The van der Waals surface area contributed by atoms with Crippen LogP contribution >= 0.6 is 0 Å². The Bertz CT molecular complexity index is 890. The van der Waals surface area contributed by atoms with Crippen LogP contribution in [0.3, 0.4) is 0 Å². The summed E-state index contributed by atoms with van der Waals surface area (Å²) in [5.74, 6) is 1.05. The van der Waals surface area contributed by atoms with Crippen LogP contribution in [0.5, 0.6) is 5.75 Å². The van der Waals surface area contributed by atoms with Gasteiger partial charge in [-0.3, -0.25) is 9.59 Å². The molecule has 0 aliphatic carbocycles. The Morgan fingerprint density at radius 2 is 1.79 bits per heavy atom. The van der Waals surface area contributed by atoms with Crippen molar-refractivity contribution in [2.45, 2.75) is 19.8 Å². The monoisotopic (exact) mass is 393 g/mol. The van der Waals surface area contributed by atoms with Crippen molar-refractivity contribution in [3.05, 3.63) is 54.1 Å². The van der Waals surface area contributed by atoms with Crippen molar-refractivity contribution in [2.24, 2.45) is 0 Å². The molecule has 0 bridgehead atoms. The molecule has 2 fully saturated rings. The molecule has 6 heteroatoms. The molecule has 2 aromatic carbocycles. The lowest BCUT2D eigenvalue weighted by Crippen LogP contribution is -2.48. The number of hydrogen-bond acceptors (Lipinski definition) is 4. The molecule has 152 valence electrons. The van der Waals surface area contributed by atoms with Crippen LogP contribution in [0.1, 0.15) is 30.1 Å². The number of benzene rings is 2. The van der Waals surface area contributed by atoms with Crippen molar-refractivity contribution in [2.75, 3.05) is 49.1 Å². The van der Waals surface area contributed by atoms with E-state index in [0.29, 0.717) is 31.7 Å². The van der Waals surface area contributed by atoms with Crippen molar-refractivity contribution < 1.29 is 14.3 Å². The molecule has 0 spiro atoms. The van der Waals surface area contributed by atoms with Gasteiger partial charge in [0.05, 0.1) is 12.3 Å². The Hall–Kier alpha value is -3.02. The topological polar surface area (TPSA) is 53.1 Å². The Labute approximate surface area is 171 Å². The molecular formula is C23H27N3O3. The molecule has 0 unspecified atom stereocenters. The molecule has 2 aliphatic rings. The number of para-hydroxylation sites is 2. The molecule has 2 aliphatic heterocycles. The Balaban J connectivity index is 1.43. The number of carbonyl (C=O) groups is 2. The lowest BCUT2D eigenvalue weighted by atomic mass is 10.1. The average molecular weight is 393 g/mol. The summed E-state index contributed by atoms with van der Waals surface area (Å²) >= 11 is 0. The smallest absolute Gasteiger partial charge is 0.254 e. The fourth-order valence-corrected chi connectivity index (χ4v) is 4.06. The second kappa shape index (κ2) is 8.55. The molecule has 2 heterocycles. The summed E-state index contributed by atoms with van der Waals surface area (Å²) < 4.78 is 5.75. The quantitative estimate of drug-likeness (QED) is 0.783. The van der Waals surface area contributed by atoms with Gasteiger partial charge in [-0.15, -0.1) is 0 Å². The van der Waals surface area contributed by atoms with E-state index in [1.807, 2.05) is 54.3 Å². The van der Waals surface area contributed by atoms with Crippen LogP contribution in [0.4, 0.5) is 11.4 Å². The van der Waals surface area contributed by atoms with E-state index in [-0.39, 0.29) is 11.8 Å². The largest absolute Gasteiger partial charge is 0.492 e. The second-order valence-electron chi connectivity index (χ2n) is 7.38. The molecule has 0 saturated carbocycles. The van der Waals surface area contributed by atoms with Gasteiger partial charge in [0, 0.05) is 50.4 Å². The molecule has 0 radical (unpaired) electrons. The number of anilines is 2. The van der Waals surface area contributed by atoms with E-state index in [9.17, 15) is 9.59 Å². The van der Waals surface area contributed by atoms with Crippen LogP contribution in [-0.4, -0.2) is 56.0 Å². The first-order valence-electron chi connectivity index (χ1n) is 10.3. The average Bonchev–Trinajstić information content (AvgIpc) is 3.20. The SMILES string of the molecule is CCOc1ccccc1N1CCN(C(=O)c2cccc(N3CCCC3=O)c2)CC1. The lowest BCUT2D eigenvalue weighted by Gasteiger charge is -2.36. The van der Waals surface area contributed by atoms with Crippen molar-refractivity contribution in [3.63, 3.8) is 0 Å². The van der Waals surface area contributed by atoms with Gasteiger partial charge in [-0.05, 0) is 43.7 Å². The van der Waals surface area contributed by atoms with Crippen LogP contribution in [0, 0.1) is 0 Å². The molecule has 2 saturated heterocycles. The fourth-order valence-electron chi connectivity index (χ4n) is 4.06. The van der Waals surface area contributed by atoms with Crippen LogP contribution in [-0.2, 0) is 4.79 Å². The van der Waals surface area contributed by atoms with Crippen molar-refractivity contribution in [1.29, 1.82) is 0 Å². The maximum atomic E-state index is 13.0. The minimum Gasteiger partial charge on any atom is -0.492 e. The zero-order chi connectivity index (χ0) is 20.2. The number of ether oxygens (including phenoxy) is 1. The number of piperazine rings is 1. The van der Waals surface area contributed by atoms with Crippen molar-refractivity contribution >= 4 is 23.2 Å². The van der Waals surface area contributed by atoms with Crippen LogP contribution in [0.2, 0.25) is 0 Å². The number of nitrogens with zero attached hydrogens (tertiary/aromatic N) is 3. The first-order valence-corrected chi connectivity index (χ1v) is 10.3. The maximum absolute atomic E-state index is 13.0. The molecule has 0 aromatic heterocycles. The Morgan fingerprint density at radius 3 is 2.52 bits per heavy atom. The minimum atomic E-state index is 0.0243. The van der Waals surface area contributed by atoms with E-state index in [1.54, 1.807) is 4.90 Å². The normalized spacial score (nSPS) is 17.0. The van der Waals surface area contributed by atoms with Crippen LogP contribution < -0.4 is 14.5 Å². The molecular weight excluding hydrogens is 366 g/mol. The maximum Gasteiger partial charge on any atom is 0.254 e. The molecule has 0 atom stereocenters. The van der Waals surface area contributed by atoms with E-state index in [2.05, 4.69) is 11.0 Å². The summed E-state index contributed by atoms with van der Waals surface area (Å²) in [5.41, 5.74) is 2.55. The predicted molar refractivity (Wildman–Crippen MR) is 114 cm³/mol. The van der Waals surface area contributed by atoms with Crippen LogP contribution in [0.15, 0.2) is 48.5 Å². The number of hydrogen-bond donors (Lipinski definition) is 0. The third kappa shape index (κ3) is 4.06. The zero-order valence-electron chi connectivity index (χ0n) is 16.8. The Kier molecular flexibility index (Phi) is 5.69. The molecule has 2 amide bonds. The minimum absolute atomic E-state index is 0.0243. The highest BCUT2D eigenvalue weighted by Crippen LogP contribution is 2.29. The van der Waals surface area contributed by atoms with Gasteiger partial charge in [-0.25, -0.2) is 0 Å². The summed E-state index contributed by atoms with van der Waals surface area (Å²) in [6.07, 6.45) is 1.46. The van der Waals surface area contributed by atoms with Gasteiger partial charge in [-0.1, -0.05) is 18.2 Å². The zero-order valence-corrected chi connectivity index (χ0v) is 16.8. The molecule has 2 aromatic rings. The van der Waals surface area contributed by atoms with Crippen molar-refractivity contribution in [3.8, 4) is 5.75 Å². The van der Waals surface area contributed by atoms with Gasteiger partial charge in [0.1, 0.15) is 5.75 Å². The highest BCUT2D eigenvalue weighted by Gasteiger charge is 2.26. The number of amides is 2. The van der Waals surface area contributed by atoms with Gasteiger partial charge in [0.15, 0.2) is 0 Å². The first-order chi connectivity index (χ1) is 14.2. The third-order valence-electron chi connectivity index (χ3n) is 5.55. The van der Waals surface area contributed by atoms with E-state index in [1.165, 1.54) is 0 Å². The summed E-state index contributed by atoms with van der Waals surface area (Å²) in [6.45, 7) is 6.19. The lowest BCUT2D eigenvalue weighted by molar-refractivity contribution is -0.117. The first kappa shape index (κ1) is 19.3. The van der Waals surface area contributed by atoms with Gasteiger partial charge >= 0.3 is 0 Å².